The molecule has 0 bridgehead atoms. The first-order valence-corrected chi connectivity index (χ1v) is 13.4. The highest BCUT2D eigenvalue weighted by Crippen LogP contribution is 2.46. The topological polar surface area (TPSA) is 88.5 Å². The summed E-state index contributed by atoms with van der Waals surface area (Å²) in [4.78, 5) is 46.8. The fourth-order valence-electron chi connectivity index (χ4n) is 4.80. The Kier molecular flexibility index (Phi) is 8.41. The Hall–Kier alpha value is -2.78. The maximum absolute atomic E-state index is 13.3. The van der Waals surface area contributed by atoms with Crippen LogP contribution in [0, 0.1) is 5.92 Å². The van der Waals surface area contributed by atoms with Crippen LogP contribution in [0.15, 0.2) is 51.6 Å². The summed E-state index contributed by atoms with van der Waals surface area (Å²) in [5.41, 5.74) is 2.69. The number of halogens is 1. The normalized spacial score (nSPS) is 20.1. The molecule has 0 radical (unpaired) electrons. The van der Waals surface area contributed by atoms with Crippen molar-refractivity contribution in [3.05, 3.63) is 57.2 Å². The monoisotopic (exact) mass is 531 g/mol. The molecule has 1 saturated heterocycles. The van der Waals surface area contributed by atoms with Crippen molar-refractivity contribution in [2.75, 3.05) is 26.8 Å². The molecule has 36 heavy (non-hydrogen) atoms. The van der Waals surface area contributed by atoms with Gasteiger partial charge in [0.15, 0.2) is 5.17 Å². The standard InChI is InChI=1S/C26H30ClN3O5S/c1-4-20-22(25(33)34-3)23(17-7-6-8-18(27)13-17)30-19(15-36-26(30)28-20)14-21(31)29-11-9-16(10-12-29)24(32)35-5-2/h6-8,13,15-16,23H,4-5,9-12,14H2,1-3H3. The van der Waals surface area contributed by atoms with E-state index in [1.54, 1.807) is 17.9 Å². The SMILES string of the molecule is CCOC(=O)C1CCN(C(=O)CC2=CSC3=NC(CC)=C(C(=O)OC)C(c4cccc(Cl)c4)N23)CC1. The molecular formula is C26H30ClN3O5S. The van der Waals surface area contributed by atoms with Gasteiger partial charge in [-0.05, 0) is 49.3 Å². The number of allylic oxidation sites excluding steroid dienone is 1. The van der Waals surface area contributed by atoms with Gasteiger partial charge < -0.3 is 19.3 Å². The molecule has 192 valence electrons. The summed E-state index contributed by atoms with van der Waals surface area (Å²) < 4.78 is 10.3. The van der Waals surface area contributed by atoms with Crippen molar-refractivity contribution in [2.45, 2.75) is 45.6 Å². The third-order valence-electron chi connectivity index (χ3n) is 6.59. The average molecular weight is 532 g/mol. The molecule has 0 spiro atoms. The van der Waals surface area contributed by atoms with Crippen molar-refractivity contribution in [1.82, 2.24) is 9.80 Å². The number of likely N-dealkylation sites (tertiary alicyclic amines) is 1. The largest absolute Gasteiger partial charge is 0.466 e. The number of carbonyl (C=O) groups is 3. The Balaban J connectivity index is 1.57. The Labute approximate surface area is 220 Å². The number of carbonyl (C=O) groups excluding carboxylic acids is 3. The maximum atomic E-state index is 13.3. The van der Waals surface area contributed by atoms with Gasteiger partial charge in [0.05, 0.1) is 43.4 Å². The molecule has 4 rings (SSSR count). The number of piperidine rings is 1. The number of rotatable bonds is 7. The second kappa shape index (κ2) is 11.5. The number of esters is 2. The van der Waals surface area contributed by atoms with Crippen LogP contribution < -0.4 is 0 Å². The molecule has 3 aliphatic rings. The zero-order valence-electron chi connectivity index (χ0n) is 20.7. The maximum Gasteiger partial charge on any atom is 0.338 e. The van der Waals surface area contributed by atoms with Crippen molar-refractivity contribution in [3.8, 4) is 0 Å². The molecule has 8 nitrogen and oxygen atoms in total. The number of amidine groups is 1. The van der Waals surface area contributed by atoms with E-state index >= 15 is 0 Å². The minimum absolute atomic E-state index is 0.0276. The number of amides is 1. The van der Waals surface area contributed by atoms with E-state index in [1.807, 2.05) is 35.4 Å². The predicted octanol–water partition coefficient (Wildman–Crippen LogP) is 4.67. The number of hydrogen-bond donors (Lipinski definition) is 0. The summed E-state index contributed by atoms with van der Waals surface area (Å²) in [6.45, 7) is 5.12. The molecule has 1 unspecified atom stereocenters. The number of ether oxygens (including phenoxy) is 2. The number of nitrogens with zero attached hydrogens (tertiary/aromatic N) is 3. The van der Waals surface area contributed by atoms with Gasteiger partial charge in [-0.1, -0.05) is 42.4 Å². The van der Waals surface area contributed by atoms with Crippen molar-refractivity contribution in [3.63, 3.8) is 0 Å². The van der Waals surface area contributed by atoms with E-state index in [0.29, 0.717) is 60.4 Å². The van der Waals surface area contributed by atoms with Crippen LogP contribution >= 0.6 is 23.4 Å². The van der Waals surface area contributed by atoms with Crippen LogP contribution in [0.25, 0.3) is 0 Å². The zero-order valence-corrected chi connectivity index (χ0v) is 22.2. The summed E-state index contributed by atoms with van der Waals surface area (Å²) in [5, 5.41) is 3.19. The molecule has 10 heteroatoms. The average Bonchev–Trinajstić information content (AvgIpc) is 3.29. The van der Waals surface area contributed by atoms with Crippen LogP contribution in [0.4, 0.5) is 0 Å². The molecule has 1 aromatic rings. The predicted molar refractivity (Wildman–Crippen MR) is 139 cm³/mol. The van der Waals surface area contributed by atoms with Crippen molar-refractivity contribution in [2.24, 2.45) is 10.9 Å². The van der Waals surface area contributed by atoms with Crippen LogP contribution in [0.1, 0.15) is 51.1 Å². The van der Waals surface area contributed by atoms with Gasteiger partial charge in [-0.3, -0.25) is 9.59 Å². The van der Waals surface area contributed by atoms with Crippen molar-refractivity contribution >= 4 is 46.4 Å². The summed E-state index contributed by atoms with van der Waals surface area (Å²) in [6, 6.07) is 6.85. The molecule has 1 fully saturated rings. The lowest BCUT2D eigenvalue weighted by Crippen LogP contribution is -2.42. The lowest BCUT2D eigenvalue weighted by atomic mass is 9.92. The second-order valence-electron chi connectivity index (χ2n) is 8.74. The molecule has 1 aromatic carbocycles. The van der Waals surface area contributed by atoms with Gasteiger partial charge in [-0.25, -0.2) is 9.79 Å². The molecule has 3 aliphatic heterocycles. The number of fused-ring (bicyclic) bond motifs is 1. The first kappa shape index (κ1) is 26.3. The Morgan fingerprint density at radius 3 is 2.58 bits per heavy atom. The van der Waals surface area contributed by atoms with Crippen LogP contribution in [-0.4, -0.2) is 59.6 Å². The summed E-state index contributed by atoms with van der Waals surface area (Å²) in [7, 11) is 1.36. The van der Waals surface area contributed by atoms with E-state index in [9.17, 15) is 14.4 Å². The molecule has 1 amide bonds. The van der Waals surface area contributed by atoms with Gasteiger partial charge in [0.25, 0.3) is 0 Å². The van der Waals surface area contributed by atoms with E-state index in [4.69, 9.17) is 26.1 Å². The summed E-state index contributed by atoms with van der Waals surface area (Å²) in [6.07, 6.45) is 1.90. The minimum atomic E-state index is -0.512. The minimum Gasteiger partial charge on any atom is -0.466 e. The van der Waals surface area contributed by atoms with E-state index < -0.39 is 12.0 Å². The summed E-state index contributed by atoms with van der Waals surface area (Å²) >= 11 is 7.76. The summed E-state index contributed by atoms with van der Waals surface area (Å²) in [5.74, 6) is -0.834. The van der Waals surface area contributed by atoms with Gasteiger partial charge in [-0.2, -0.15) is 0 Å². The lowest BCUT2D eigenvalue weighted by Gasteiger charge is -2.37. The van der Waals surface area contributed by atoms with Gasteiger partial charge >= 0.3 is 11.9 Å². The van der Waals surface area contributed by atoms with Gasteiger partial charge in [-0.15, -0.1) is 0 Å². The molecule has 1 atom stereocenters. The molecule has 0 saturated carbocycles. The Morgan fingerprint density at radius 2 is 1.94 bits per heavy atom. The highest BCUT2D eigenvalue weighted by Gasteiger charge is 2.42. The van der Waals surface area contributed by atoms with Crippen LogP contribution in [0.3, 0.4) is 0 Å². The number of aliphatic imine (C=N–C) groups is 1. The smallest absolute Gasteiger partial charge is 0.338 e. The number of hydrogen-bond acceptors (Lipinski definition) is 8. The van der Waals surface area contributed by atoms with E-state index in [1.165, 1.54) is 18.9 Å². The molecule has 0 aromatic heterocycles. The Bertz CT molecular complexity index is 1140. The van der Waals surface area contributed by atoms with E-state index in [2.05, 4.69) is 0 Å². The number of thioether (sulfide) groups is 1. The van der Waals surface area contributed by atoms with Crippen molar-refractivity contribution < 1.29 is 23.9 Å². The first-order valence-electron chi connectivity index (χ1n) is 12.1. The zero-order chi connectivity index (χ0) is 25.8. The quantitative estimate of drug-likeness (QED) is 0.472. The molecule has 0 N–H and O–H groups in total. The highest BCUT2D eigenvalue weighted by molar-refractivity contribution is 8.16. The van der Waals surface area contributed by atoms with Crippen LogP contribution in [0.5, 0.6) is 0 Å². The third-order valence-corrected chi connectivity index (χ3v) is 7.72. The van der Waals surface area contributed by atoms with Crippen LogP contribution in [-0.2, 0) is 23.9 Å². The molecule has 0 aliphatic carbocycles. The van der Waals surface area contributed by atoms with E-state index in [-0.39, 0.29) is 24.2 Å². The highest BCUT2D eigenvalue weighted by atomic mass is 35.5. The molecular weight excluding hydrogens is 502 g/mol. The third kappa shape index (κ3) is 5.32. The van der Waals surface area contributed by atoms with Crippen LogP contribution in [0.2, 0.25) is 5.02 Å². The van der Waals surface area contributed by atoms with Gasteiger partial charge in [0.1, 0.15) is 0 Å². The van der Waals surface area contributed by atoms with E-state index in [0.717, 1.165) is 11.3 Å². The Morgan fingerprint density at radius 1 is 1.19 bits per heavy atom. The van der Waals surface area contributed by atoms with Gasteiger partial charge in [0, 0.05) is 23.8 Å². The number of methoxy groups -OCH3 is 1. The first-order chi connectivity index (χ1) is 17.4. The fraction of sp³-hybridized carbons (Fsp3) is 0.462. The molecule has 3 heterocycles. The fourth-order valence-corrected chi connectivity index (χ4v) is 5.93. The van der Waals surface area contributed by atoms with Crippen molar-refractivity contribution in [1.29, 1.82) is 0 Å². The second-order valence-corrected chi connectivity index (χ2v) is 10.0. The van der Waals surface area contributed by atoms with Gasteiger partial charge in [0.2, 0.25) is 5.91 Å². The lowest BCUT2D eigenvalue weighted by molar-refractivity contribution is -0.151. The number of benzene rings is 1.